The molecule has 2 rings (SSSR count). The maximum Gasteiger partial charge on any atom is 0.216 e. The molecule has 0 unspecified atom stereocenters. The van der Waals surface area contributed by atoms with Crippen molar-refractivity contribution in [3.05, 3.63) is 42.0 Å². The molecule has 2 aromatic rings. The summed E-state index contributed by atoms with van der Waals surface area (Å²) in [5.41, 5.74) is 1.30. The van der Waals surface area contributed by atoms with E-state index in [1.165, 1.54) is 27.7 Å². The van der Waals surface area contributed by atoms with E-state index in [-0.39, 0.29) is 5.91 Å². The number of rotatable bonds is 6. The molecule has 0 saturated heterocycles. The van der Waals surface area contributed by atoms with E-state index in [1.807, 2.05) is 11.8 Å². The molecule has 0 aliphatic heterocycles. The molecule has 3 heteroatoms. The first-order valence-corrected chi connectivity index (χ1v) is 8.08. The molecule has 0 radical (unpaired) electrons. The van der Waals surface area contributed by atoms with Gasteiger partial charge in [0.05, 0.1) is 0 Å². The summed E-state index contributed by atoms with van der Waals surface area (Å²) in [7, 11) is 0. The number of carbonyl (C=O) groups excluding carboxylic acids is 1. The lowest BCUT2D eigenvalue weighted by Crippen LogP contribution is -2.22. The Kier molecular flexibility index (Phi) is 5.48. The van der Waals surface area contributed by atoms with Crippen LogP contribution in [0.3, 0.4) is 0 Å². The Morgan fingerprint density at radius 3 is 2.85 bits per heavy atom. The first-order valence-electron chi connectivity index (χ1n) is 7.09. The van der Waals surface area contributed by atoms with Crippen LogP contribution in [0.1, 0.15) is 25.8 Å². The van der Waals surface area contributed by atoms with Gasteiger partial charge in [0.25, 0.3) is 0 Å². The molecule has 2 aromatic carbocycles. The summed E-state index contributed by atoms with van der Waals surface area (Å²) in [6.45, 7) is 4.45. The van der Waals surface area contributed by atoms with Gasteiger partial charge < -0.3 is 5.32 Å². The Morgan fingerprint density at radius 2 is 2.10 bits per heavy atom. The molecular weight excluding hydrogens is 266 g/mol. The highest BCUT2D eigenvalue weighted by atomic mass is 32.2. The first kappa shape index (κ1) is 14.9. The molecule has 0 aliphatic rings. The summed E-state index contributed by atoms with van der Waals surface area (Å²) in [5.74, 6) is 1.18. The van der Waals surface area contributed by atoms with E-state index in [9.17, 15) is 4.79 Å². The number of fused-ring (bicyclic) bond motifs is 1. The predicted octanol–water partition coefficient (Wildman–Crippen LogP) is 4.02. The maximum atomic E-state index is 11.0. The van der Waals surface area contributed by atoms with E-state index >= 15 is 0 Å². The molecule has 0 saturated carbocycles. The number of hydrogen-bond acceptors (Lipinski definition) is 2. The molecule has 106 valence electrons. The molecule has 0 heterocycles. The van der Waals surface area contributed by atoms with E-state index in [0.717, 1.165) is 12.2 Å². The third kappa shape index (κ3) is 4.01. The lowest BCUT2D eigenvalue weighted by atomic mass is 10.0. The van der Waals surface area contributed by atoms with Gasteiger partial charge in [-0.1, -0.05) is 31.2 Å². The summed E-state index contributed by atoms with van der Waals surface area (Å²) in [6, 6.07) is 13.0. The van der Waals surface area contributed by atoms with Gasteiger partial charge in [0.2, 0.25) is 5.91 Å². The van der Waals surface area contributed by atoms with Crippen LogP contribution in [0.4, 0.5) is 0 Å². The molecule has 0 aliphatic carbocycles. The molecule has 0 bridgehead atoms. The second kappa shape index (κ2) is 7.34. The average Bonchev–Trinajstić information content (AvgIpc) is 2.45. The Hall–Kier alpha value is -1.48. The van der Waals surface area contributed by atoms with E-state index in [0.29, 0.717) is 6.54 Å². The predicted molar refractivity (Wildman–Crippen MR) is 87.4 cm³/mol. The van der Waals surface area contributed by atoms with Crippen molar-refractivity contribution >= 4 is 28.4 Å². The Labute approximate surface area is 125 Å². The molecule has 0 fully saturated rings. The van der Waals surface area contributed by atoms with Crippen molar-refractivity contribution in [1.82, 2.24) is 5.32 Å². The van der Waals surface area contributed by atoms with Gasteiger partial charge in [-0.15, -0.1) is 11.8 Å². The van der Waals surface area contributed by atoms with Gasteiger partial charge in [0.1, 0.15) is 0 Å². The molecule has 2 nitrogen and oxygen atoms in total. The van der Waals surface area contributed by atoms with Crippen molar-refractivity contribution in [2.24, 2.45) is 0 Å². The topological polar surface area (TPSA) is 29.1 Å². The van der Waals surface area contributed by atoms with Crippen LogP contribution in [0.2, 0.25) is 0 Å². The van der Waals surface area contributed by atoms with Crippen molar-refractivity contribution in [1.29, 1.82) is 0 Å². The van der Waals surface area contributed by atoms with Crippen molar-refractivity contribution in [3.63, 3.8) is 0 Å². The van der Waals surface area contributed by atoms with E-state index in [2.05, 4.69) is 48.6 Å². The van der Waals surface area contributed by atoms with Crippen LogP contribution in [0.5, 0.6) is 0 Å². The Bertz CT molecular complexity index is 595. The number of hydrogen-bond donors (Lipinski definition) is 1. The van der Waals surface area contributed by atoms with Crippen LogP contribution >= 0.6 is 11.8 Å². The van der Waals surface area contributed by atoms with E-state index in [1.54, 1.807) is 6.92 Å². The maximum absolute atomic E-state index is 11.0. The number of thioether (sulfide) groups is 1. The fraction of sp³-hybridized carbons (Fsp3) is 0.353. The summed E-state index contributed by atoms with van der Waals surface area (Å²) in [6.07, 6.45) is 2.06. The van der Waals surface area contributed by atoms with Crippen LogP contribution in [0, 0.1) is 0 Å². The average molecular weight is 287 g/mol. The summed E-state index contributed by atoms with van der Waals surface area (Å²) < 4.78 is 0. The van der Waals surface area contributed by atoms with Gasteiger partial charge >= 0.3 is 0 Å². The fourth-order valence-corrected chi connectivity index (χ4v) is 3.02. The Morgan fingerprint density at radius 1 is 1.25 bits per heavy atom. The minimum absolute atomic E-state index is 0.0319. The number of benzene rings is 2. The van der Waals surface area contributed by atoms with E-state index in [4.69, 9.17) is 0 Å². The number of carbonyl (C=O) groups is 1. The third-order valence-corrected chi connectivity index (χ3v) is 4.38. The lowest BCUT2D eigenvalue weighted by Gasteiger charge is -2.09. The number of amides is 1. The molecule has 1 N–H and O–H groups in total. The minimum atomic E-state index is 0.0319. The molecule has 0 atom stereocenters. The monoisotopic (exact) mass is 287 g/mol. The summed E-state index contributed by atoms with van der Waals surface area (Å²) in [5, 5.41) is 5.44. The van der Waals surface area contributed by atoms with Gasteiger partial charge in [-0.2, -0.15) is 0 Å². The van der Waals surface area contributed by atoms with Crippen molar-refractivity contribution in [3.8, 4) is 0 Å². The van der Waals surface area contributed by atoms with Crippen LogP contribution in [0.25, 0.3) is 10.8 Å². The van der Waals surface area contributed by atoms with Crippen LogP contribution in [-0.4, -0.2) is 18.2 Å². The third-order valence-electron chi connectivity index (χ3n) is 3.19. The van der Waals surface area contributed by atoms with Gasteiger partial charge in [0.15, 0.2) is 0 Å². The van der Waals surface area contributed by atoms with Crippen molar-refractivity contribution in [2.45, 2.75) is 31.6 Å². The minimum Gasteiger partial charge on any atom is -0.356 e. The van der Waals surface area contributed by atoms with Gasteiger partial charge in [-0.05, 0) is 47.1 Å². The van der Waals surface area contributed by atoms with Gasteiger partial charge in [-0.3, -0.25) is 4.79 Å². The molecule has 1 amide bonds. The highest BCUT2D eigenvalue weighted by Gasteiger charge is 2.03. The van der Waals surface area contributed by atoms with Gasteiger partial charge in [-0.25, -0.2) is 0 Å². The molecular formula is C17H21NOS. The highest BCUT2D eigenvalue weighted by Crippen LogP contribution is 2.26. The fourth-order valence-electron chi connectivity index (χ4n) is 2.22. The quantitative estimate of drug-likeness (QED) is 0.813. The van der Waals surface area contributed by atoms with Crippen LogP contribution < -0.4 is 5.32 Å². The zero-order chi connectivity index (χ0) is 14.4. The standard InChI is InChI=1S/C17H21NOS/c1-3-11-20-16-8-7-14-5-4-6-15(17(14)12-16)9-10-18-13(2)19/h4-8,12H,3,9-11H2,1-2H3,(H,18,19). The zero-order valence-corrected chi connectivity index (χ0v) is 12.9. The van der Waals surface area contributed by atoms with Crippen molar-refractivity contribution in [2.75, 3.05) is 12.3 Å². The van der Waals surface area contributed by atoms with Crippen LogP contribution in [0.15, 0.2) is 41.3 Å². The second-order valence-electron chi connectivity index (χ2n) is 4.88. The number of nitrogens with one attached hydrogen (secondary N) is 1. The molecule has 20 heavy (non-hydrogen) atoms. The summed E-state index contributed by atoms with van der Waals surface area (Å²) >= 11 is 1.90. The summed E-state index contributed by atoms with van der Waals surface area (Å²) in [4.78, 5) is 12.3. The first-order chi connectivity index (χ1) is 9.70. The molecule has 0 aromatic heterocycles. The second-order valence-corrected chi connectivity index (χ2v) is 6.05. The normalized spacial score (nSPS) is 10.7. The highest BCUT2D eigenvalue weighted by molar-refractivity contribution is 7.99. The SMILES string of the molecule is CCCSc1ccc2cccc(CCNC(C)=O)c2c1. The lowest BCUT2D eigenvalue weighted by molar-refractivity contribution is -0.118. The largest absolute Gasteiger partial charge is 0.356 e. The smallest absolute Gasteiger partial charge is 0.216 e. The van der Waals surface area contributed by atoms with Crippen molar-refractivity contribution < 1.29 is 4.79 Å². The zero-order valence-electron chi connectivity index (χ0n) is 12.1. The van der Waals surface area contributed by atoms with Crippen LogP contribution in [-0.2, 0) is 11.2 Å². The van der Waals surface area contributed by atoms with Gasteiger partial charge in [0, 0.05) is 18.4 Å². The Balaban J connectivity index is 2.21. The molecule has 0 spiro atoms. The van der Waals surface area contributed by atoms with E-state index < -0.39 is 0 Å².